The molecule has 3 nitrogen and oxygen atoms in total. The van der Waals surface area contributed by atoms with Gasteiger partial charge in [0.15, 0.2) is 0 Å². The SMILES string of the molecule is CCCNC1CCCC(Cc2cnccc2N)C1. The molecule has 0 radical (unpaired) electrons. The maximum atomic E-state index is 6.00. The Balaban J connectivity index is 1.87. The zero-order valence-corrected chi connectivity index (χ0v) is 11.4. The standard InChI is InChI=1S/C15H25N3/c1-2-7-18-14-5-3-4-12(10-14)9-13-11-17-8-6-15(13)16/h6,8,11-12,14,18H,2-5,7,9-10H2,1H3,(H2,16,17). The monoisotopic (exact) mass is 247 g/mol. The lowest BCUT2D eigenvalue weighted by molar-refractivity contribution is 0.284. The molecule has 1 fully saturated rings. The number of rotatable bonds is 5. The minimum Gasteiger partial charge on any atom is -0.398 e. The molecule has 1 aliphatic rings. The summed E-state index contributed by atoms with van der Waals surface area (Å²) in [6.45, 7) is 3.37. The molecule has 1 heterocycles. The Bertz CT molecular complexity index is 365. The molecule has 0 aliphatic heterocycles. The van der Waals surface area contributed by atoms with Gasteiger partial charge in [0.25, 0.3) is 0 Å². The second kappa shape index (κ2) is 6.74. The van der Waals surface area contributed by atoms with Crippen LogP contribution in [0.5, 0.6) is 0 Å². The Kier molecular flexibility index (Phi) is 5.00. The van der Waals surface area contributed by atoms with Crippen LogP contribution in [0.25, 0.3) is 0 Å². The van der Waals surface area contributed by atoms with E-state index in [-0.39, 0.29) is 0 Å². The molecule has 0 amide bonds. The van der Waals surface area contributed by atoms with E-state index in [1.165, 1.54) is 37.7 Å². The van der Waals surface area contributed by atoms with Gasteiger partial charge in [-0.2, -0.15) is 0 Å². The summed E-state index contributed by atoms with van der Waals surface area (Å²) >= 11 is 0. The fourth-order valence-corrected chi connectivity index (χ4v) is 2.93. The van der Waals surface area contributed by atoms with Crippen LogP contribution in [-0.2, 0) is 6.42 Å². The molecular formula is C15H25N3. The maximum Gasteiger partial charge on any atom is 0.0377 e. The first-order chi connectivity index (χ1) is 8.79. The highest BCUT2D eigenvalue weighted by Crippen LogP contribution is 2.28. The van der Waals surface area contributed by atoms with Gasteiger partial charge >= 0.3 is 0 Å². The first kappa shape index (κ1) is 13.3. The summed E-state index contributed by atoms with van der Waals surface area (Å²) in [5.41, 5.74) is 8.11. The Morgan fingerprint density at radius 1 is 1.44 bits per heavy atom. The molecule has 2 atom stereocenters. The first-order valence-electron chi connectivity index (χ1n) is 7.21. The molecule has 2 rings (SSSR count). The Morgan fingerprint density at radius 2 is 2.33 bits per heavy atom. The number of hydrogen-bond donors (Lipinski definition) is 2. The molecule has 1 aromatic rings. The topological polar surface area (TPSA) is 50.9 Å². The van der Waals surface area contributed by atoms with Crippen LogP contribution >= 0.6 is 0 Å². The smallest absolute Gasteiger partial charge is 0.0377 e. The van der Waals surface area contributed by atoms with Gasteiger partial charge in [0.05, 0.1) is 0 Å². The summed E-state index contributed by atoms with van der Waals surface area (Å²) in [4.78, 5) is 4.18. The van der Waals surface area contributed by atoms with Crippen LogP contribution in [0.2, 0.25) is 0 Å². The van der Waals surface area contributed by atoms with E-state index in [0.717, 1.165) is 24.6 Å². The molecule has 100 valence electrons. The lowest BCUT2D eigenvalue weighted by atomic mass is 9.82. The summed E-state index contributed by atoms with van der Waals surface area (Å²) in [6.07, 6.45) is 11.3. The maximum absolute atomic E-state index is 6.00. The van der Waals surface area contributed by atoms with E-state index in [1.54, 1.807) is 6.20 Å². The first-order valence-corrected chi connectivity index (χ1v) is 7.21. The van der Waals surface area contributed by atoms with Crippen molar-refractivity contribution in [3.8, 4) is 0 Å². The van der Waals surface area contributed by atoms with Crippen LogP contribution < -0.4 is 11.1 Å². The van der Waals surface area contributed by atoms with Crippen molar-refractivity contribution in [1.82, 2.24) is 10.3 Å². The van der Waals surface area contributed by atoms with Gasteiger partial charge in [-0.1, -0.05) is 19.8 Å². The zero-order chi connectivity index (χ0) is 12.8. The van der Waals surface area contributed by atoms with E-state index in [1.807, 2.05) is 12.3 Å². The second-order valence-electron chi connectivity index (χ2n) is 5.46. The van der Waals surface area contributed by atoms with Crippen LogP contribution in [0, 0.1) is 5.92 Å². The zero-order valence-electron chi connectivity index (χ0n) is 11.4. The van der Waals surface area contributed by atoms with Crippen LogP contribution in [0.3, 0.4) is 0 Å². The molecule has 1 aromatic heterocycles. The largest absolute Gasteiger partial charge is 0.398 e. The molecule has 18 heavy (non-hydrogen) atoms. The third kappa shape index (κ3) is 3.70. The van der Waals surface area contributed by atoms with Crippen molar-refractivity contribution in [2.75, 3.05) is 12.3 Å². The van der Waals surface area contributed by atoms with Gasteiger partial charge in [-0.25, -0.2) is 0 Å². The minimum absolute atomic E-state index is 0.710. The van der Waals surface area contributed by atoms with E-state index >= 15 is 0 Å². The third-order valence-electron chi connectivity index (χ3n) is 3.92. The lowest BCUT2D eigenvalue weighted by Crippen LogP contribution is -2.35. The molecule has 0 saturated heterocycles. The molecule has 2 unspecified atom stereocenters. The van der Waals surface area contributed by atoms with E-state index in [9.17, 15) is 0 Å². The number of nitrogens with zero attached hydrogens (tertiary/aromatic N) is 1. The summed E-state index contributed by atoms with van der Waals surface area (Å²) in [5.74, 6) is 0.764. The van der Waals surface area contributed by atoms with Gasteiger partial charge in [-0.15, -0.1) is 0 Å². The molecule has 1 saturated carbocycles. The summed E-state index contributed by atoms with van der Waals surface area (Å²) in [6, 6.07) is 2.62. The van der Waals surface area contributed by atoms with Crippen LogP contribution in [0.1, 0.15) is 44.6 Å². The van der Waals surface area contributed by atoms with E-state index in [2.05, 4.69) is 17.2 Å². The number of anilines is 1. The van der Waals surface area contributed by atoms with Crippen molar-refractivity contribution < 1.29 is 0 Å². The van der Waals surface area contributed by atoms with Gasteiger partial charge in [-0.3, -0.25) is 4.98 Å². The van der Waals surface area contributed by atoms with E-state index in [4.69, 9.17) is 5.73 Å². The van der Waals surface area contributed by atoms with Crippen molar-refractivity contribution in [3.05, 3.63) is 24.0 Å². The highest BCUT2D eigenvalue weighted by molar-refractivity contribution is 5.44. The van der Waals surface area contributed by atoms with Crippen molar-refractivity contribution in [2.45, 2.75) is 51.5 Å². The highest BCUT2D eigenvalue weighted by Gasteiger charge is 2.22. The quantitative estimate of drug-likeness (QED) is 0.841. The van der Waals surface area contributed by atoms with Crippen LogP contribution in [0.15, 0.2) is 18.5 Å². The summed E-state index contributed by atoms with van der Waals surface area (Å²) in [7, 11) is 0. The average molecular weight is 247 g/mol. The molecule has 3 N–H and O–H groups in total. The van der Waals surface area contributed by atoms with Crippen LogP contribution in [-0.4, -0.2) is 17.6 Å². The lowest BCUT2D eigenvalue weighted by Gasteiger charge is -2.30. The predicted octanol–water partition coefficient (Wildman–Crippen LogP) is 2.76. The van der Waals surface area contributed by atoms with Gasteiger partial charge in [0.1, 0.15) is 0 Å². The van der Waals surface area contributed by atoms with Gasteiger partial charge in [0, 0.05) is 24.1 Å². The average Bonchev–Trinajstić information content (AvgIpc) is 2.40. The molecular weight excluding hydrogens is 222 g/mol. The van der Waals surface area contributed by atoms with Gasteiger partial charge in [0.2, 0.25) is 0 Å². The molecule has 1 aliphatic carbocycles. The third-order valence-corrected chi connectivity index (χ3v) is 3.92. The molecule has 0 aromatic carbocycles. The number of nitrogen functional groups attached to an aromatic ring is 1. The van der Waals surface area contributed by atoms with E-state index < -0.39 is 0 Å². The van der Waals surface area contributed by atoms with Crippen molar-refractivity contribution in [2.24, 2.45) is 5.92 Å². The highest BCUT2D eigenvalue weighted by atomic mass is 14.9. The van der Waals surface area contributed by atoms with Gasteiger partial charge in [-0.05, 0) is 49.8 Å². The Hall–Kier alpha value is -1.09. The van der Waals surface area contributed by atoms with Crippen LogP contribution in [0.4, 0.5) is 5.69 Å². The number of nitrogens with two attached hydrogens (primary N) is 1. The molecule has 3 heteroatoms. The predicted molar refractivity (Wildman–Crippen MR) is 76.4 cm³/mol. The molecule has 0 bridgehead atoms. The van der Waals surface area contributed by atoms with Gasteiger partial charge < -0.3 is 11.1 Å². The van der Waals surface area contributed by atoms with Crippen molar-refractivity contribution in [1.29, 1.82) is 0 Å². The van der Waals surface area contributed by atoms with Crippen molar-refractivity contribution in [3.63, 3.8) is 0 Å². The number of aromatic nitrogens is 1. The fourth-order valence-electron chi connectivity index (χ4n) is 2.93. The van der Waals surface area contributed by atoms with E-state index in [0.29, 0.717) is 6.04 Å². The minimum atomic E-state index is 0.710. The Labute approximate surface area is 110 Å². The molecule has 0 spiro atoms. The fraction of sp³-hybridized carbons (Fsp3) is 0.667. The number of nitrogens with one attached hydrogen (secondary N) is 1. The van der Waals surface area contributed by atoms with Crippen molar-refractivity contribution >= 4 is 5.69 Å². The normalized spacial score (nSPS) is 24.1. The summed E-state index contributed by atoms with van der Waals surface area (Å²) < 4.78 is 0. The number of hydrogen-bond acceptors (Lipinski definition) is 3. The Morgan fingerprint density at radius 3 is 3.11 bits per heavy atom. The second-order valence-corrected chi connectivity index (χ2v) is 5.46. The summed E-state index contributed by atoms with van der Waals surface area (Å²) in [5, 5.41) is 3.65. The number of pyridine rings is 1.